The van der Waals surface area contributed by atoms with Gasteiger partial charge < -0.3 is 0 Å². The van der Waals surface area contributed by atoms with Gasteiger partial charge in [-0.3, -0.25) is 4.52 Å². The quantitative estimate of drug-likeness (QED) is 0.420. The molecule has 0 saturated heterocycles. The van der Waals surface area contributed by atoms with Crippen LogP contribution in [0.2, 0.25) is 0 Å². The van der Waals surface area contributed by atoms with Gasteiger partial charge in [0.15, 0.2) is 17.1 Å². The van der Waals surface area contributed by atoms with Crippen LogP contribution in [0.5, 0.6) is 0 Å². The third-order valence-electron chi connectivity index (χ3n) is 3.64. The minimum Gasteiger partial charge on any atom is -0.295 e. The van der Waals surface area contributed by atoms with E-state index >= 15 is 0 Å². The predicted octanol–water partition coefficient (Wildman–Crippen LogP) is -0.700. The van der Waals surface area contributed by atoms with E-state index in [0.29, 0.717) is 0 Å². The molecule has 0 unspecified atom stereocenters. The summed E-state index contributed by atoms with van der Waals surface area (Å²) in [5.74, 6) is 0.816. The average molecular weight is 387 g/mol. The average Bonchev–Trinajstić information content (AvgIpc) is 3.05. The van der Waals surface area contributed by atoms with E-state index in [4.69, 9.17) is 23.2 Å². The molecule has 7 nitrogen and oxygen atoms in total. The summed E-state index contributed by atoms with van der Waals surface area (Å²) < 4.78 is 41.8. The Kier molecular flexibility index (Phi) is 5.50. The topological polar surface area (TPSA) is 122 Å². The van der Waals surface area contributed by atoms with Crippen molar-refractivity contribution in [2.24, 2.45) is 0 Å². The van der Waals surface area contributed by atoms with Crippen LogP contribution in [0.1, 0.15) is 5.69 Å². The summed E-state index contributed by atoms with van der Waals surface area (Å²) in [7, 11) is -4.94. The van der Waals surface area contributed by atoms with Crippen LogP contribution in [0.4, 0.5) is 0 Å². The summed E-state index contributed by atoms with van der Waals surface area (Å²) in [6, 6.07) is 24.3. The molecule has 0 bridgehead atoms. The molecule has 0 N–H and O–H groups in total. The van der Waals surface area contributed by atoms with Gasteiger partial charge in [-0.2, -0.15) is 0 Å². The number of hydrogen-bond acceptors (Lipinski definition) is 6. The Bertz CT molecular complexity index is 1020. The number of halogens is 1. The minimum absolute atomic E-state index is 0.816. The molecule has 4 aromatic rings. The van der Waals surface area contributed by atoms with Crippen LogP contribution in [-0.2, 0) is 0 Å². The minimum atomic E-state index is -4.94. The largest absolute Gasteiger partial charge is 0.366 e. The van der Waals surface area contributed by atoms with Crippen molar-refractivity contribution in [2.45, 2.75) is 6.92 Å². The first-order chi connectivity index (χ1) is 12.8. The fraction of sp³-hybridized carbons (Fsp3) is 0.0526. The zero-order valence-electron chi connectivity index (χ0n) is 14.2. The van der Waals surface area contributed by atoms with Crippen molar-refractivity contribution >= 4 is 5.65 Å². The van der Waals surface area contributed by atoms with Crippen molar-refractivity contribution in [3.05, 3.63) is 78.5 Å². The van der Waals surface area contributed by atoms with Crippen molar-refractivity contribution in [3.8, 4) is 22.6 Å². The number of benzene rings is 2. The Morgan fingerprint density at radius 1 is 0.815 bits per heavy atom. The first-order valence-electron chi connectivity index (χ1n) is 7.87. The lowest BCUT2D eigenvalue weighted by atomic mass is 10.1. The number of rotatable bonds is 2. The molecule has 138 valence electrons. The molecule has 0 spiro atoms. The summed E-state index contributed by atoms with van der Waals surface area (Å²) in [4.78, 5) is 4.58. The van der Waals surface area contributed by atoms with Crippen LogP contribution in [0, 0.1) is 17.2 Å². The van der Waals surface area contributed by atoms with E-state index in [1.165, 1.54) is 0 Å². The number of hydrogen-bond donors (Lipinski definition) is 0. The molecule has 0 fully saturated rings. The molecular weight excluding hydrogens is 372 g/mol. The zero-order valence-corrected chi connectivity index (χ0v) is 15.0. The Balaban J connectivity index is 0.000000376. The van der Waals surface area contributed by atoms with Crippen molar-refractivity contribution in [3.63, 3.8) is 0 Å². The standard InChI is InChI=1S/C19H15N2O.ClHO4/c1-14-12-17(15-8-4-2-5-9-15)21-19(20-14)13-18(22-21)16-10-6-3-7-11-16;2-1(3,4)5/h2-13H,1H3;(H,2,3,4,5)/q+1;/p-1. The van der Waals surface area contributed by atoms with E-state index in [9.17, 15) is 0 Å². The van der Waals surface area contributed by atoms with Gasteiger partial charge in [0, 0.05) is 24.1 Å². The summed E-state index contributed by atoms with van der Waals surface area (Å²) >= 11 is 0. The van der Waals surface area contributed by atoms with Gasteiger partial charge in [-0.25, -0.2) is 18.6 Å². The fourth-order valence-corrected chi connectivity index (χ4v) is 2.62. The van der Waals surface area contributed by atoms with Gasteiger partial charge in [-0.1, -0.05) is 60.7 Å². The maximum absolute atomic E-state index is 8.49. The van der Waals surface area contributed by atoms with Gasteiger partial charge in [0.05, 0.1) is 6.07 Å². The third-order valence-corrected chi connectivity index (χ3v) is 3.64. The van der Waals surface area contributed by atoms with Crippen LogP contribution in [-0.4, -0.2) is 4.98 Å². The van der Waals surface area contributed by atoms with E-state index in [1.54, 1.807) is 4.57 Å². The number of fused-ring (bicyclic) bond motifs is 1. The lowest BCUT2D eigenvalue weighted by Crippen LogP contribution is -2.68. The van der Waals surface area contributed by atoms with E-state index in [0.717, 1.165) is 33.9 Å². The summed E-state index contributed by atoms with van der Waals surface area (Å²) in [6.45, 7) is 2.00. The van der Waals surface area contributed by atoms with Gasteiger partial charge in [-0.15, -0.1) is 10.2 Å². The lowest BCUT2D eigenvalue weighted by molar-refractivity contribution is -2.00. The number of aryl methyl sites for hydroxylation is 1. The highest BCUT2D eigenvalue weighted by Gasteiger charge is 2.20. The second-order valence-corrected chi connectivity index (χ2v) is 6.40. The molecule has 0 saturated carbocycles. The highest BCUT2D eigenvalue weighted by molar-refractivity contribution is 5.62. The molecule has 8 heteroatoms. The second-order valence-electron chi connectivity index (χ2n) is 5.65. The number of nitrogens with zero attached hydrogens (tertiary/aromatic N) is 2. The molecule has 0 aliphatic rings. The van der Waals surface area contributed by atoms with Gasteiger partial charge >= 0.3 is 5.65 Å². The molecule has 4 rings (SSSR count). The molecule has 2 aromatic heterocycles. The van der Waals surface area contributed by atoms with E-state index < -0.39 is 10.2 Å². The SMILES string of the molecule is Cc1cc(-c2ccccc2)[n+]2oc(-c3ccccc3)cc2n1.[O-][Cl+3]([O-])([O-])[O-]. The second kappa shape index (κ2) is 7.83. The van der Waals surface area contributed by atoms with E-state index in [-0.39, 0.29) is 0 Å². The van der Waals surface area contributed by atoms with E-state index in [1.807, 2.05) is 67.6 Å². The first-order valence-corrected chi connectivity index (χ1v) is 9.11. The predicted molar refractivity (Wildman–Crippen MR) is 85.3 cm³/mol. The molecule has 0 aliphatic carbocycles. The monoisotopic (exact) mass is 386 g/mol. The molecule has 2 heterocycles. The Labute approximate surface area is 157 Å². The highest BCUT2D eigenvalue weighted by Crippen LogP contribution is 2.22. The Morgan fingerprint density at radius 3 is 1.89 bits per heavy atom. The Morgan fingerprint density at radius 2 is 1.33 bits per heavy atom. The van der Waals surface area contributed by atoms with Crippen molar-refractivity contribution in [1.29, 1.82) is 0 Å². The van der Waals surface area contributed by atoms with Crippen molar-refractivity contribution in [2.75, 3.05) is 0 Å². The van der Waals surface area contributed by atoms with Gasteiger partial charge in [-0.05, 0) is 9.56 Å². The van der Waals surface area contributed by atoms with Gasteiger partial charge in [0.25, 0.3) is 0 Å². The van der Waals surface area contributed by atoms with Crippen molar-refractivity contribution < 1.29 is 38.0 Å². The molecule has 0 atom stereocenters. The summed E-state index contributed by atoms with van der Waals surface area (Å²) in [6.07, 6.45) is 0. The number of aromatic nitrogens is 2. The molecule has 0 radical (unpaired) electrons. The van der Waals surface area contributed by atoms with Gasteiger partial charge in [0.2, 0.25) is 0 Å². The smallest absolute Gasteiger partial charge is 0.295 e. The van der Waals surface area contributed by atoms with Crippen LogP contribution < -0.4 is 23.2 Å². The van der Waals surface area contributed by atoms with E-state index in [2.05, 4.69) is 17.1 Å². The van der Waals surface area contributed by atoms with Crippen molar-refractivity contribution in [1.82, 2.24) is 4.98 Å². The van der Waals surface area contributed by atoms with Gasteiger partial charge in [0.1, 0.15) is 0 Å². The van der Waals surface area contributed by atoms with Crippen LogP contribution in [0.3, 0.4) is 0 Å². The molecule has 27 heavy (non-hydrogen) atoms. The molecule has 0 aliphatic heterocycles. The maximum Gasteiger partial charge on any atom is 0.366 e. The highest BCUT2D eigenvalue weighted by atomic mass is 35.7. The maximum atomic E-state index is 8.49. The van der Waals surface area contributed by atoms with Crippen LogP contribution in [0.25, 0.3) is 28.2 Å². The zero-order chi connectivity index (χ0) is 19.4. The first kappa shape index (κ1) is 19.0. The lowest BCUT2D eigenvalue weighted by Gasteiger charge is -2.17. The fourth-order valence-electron chi connectivity index (χ4n) is 2.62. The summed E-state index contributed by atoms with van der Waals surface area (Å²) in [5.41, 5.74) is 4.95. The Hall–Kier alpha value is -2.81. The van der Waals surface area contributed by atoms with Crippen LogP contribution >= 0.6 is 0 Å². The molecular formula is C19H15ClN2O5. The summed E-state index contributed by atoms with van der Waals surface area (Å²) in [5, 5.41) is 0. The molecule has 0 amide bonds. The van der Waals surface area contributed by atoms with Crippen LogP contribution in [0.15, 0.2) is 77.3 Å². The third kappa shape index (κ3) is 5.10. The molecule has 2 aromatic carbocycles. The normalized spacial score (nSPS) is 11.1.